The van der Waals surface area contributed by atoms with E-state index in [4.69, 9.17) is 5.11 Å². The highest BCUT2D eigenvalue weighted by molar-refractivity contribution is 7.08. The van der Waals surface area contributed by atoms with E-state index in [0.717, 1.165) is 11.1 Å². The van der Waals surface area contributed by atoms with E-state index in [-0.39, 0.29) is 0 Å². The molecular weight excluding hydrogens is 172 g/mol. The lowest BCUT2D eigenvalue weighted by Gasteiger charge is -1.99. The highest BCUT2D eigenvalue weighted by atomic mass is 32.1. The number of carbonyl (C=O) groups is 1. The van der Waals surface area contributed by atoms with E-state index in [1.54, 1.807) is 18.3 Å². The smallest absolute Gasteiger partial charge is 0.331 e. The van der Waals surface area contributed by atoms with Crippen LogP contribution in [0.25, 0.3) is 5.57 Å². The van der Waals surface area contributed by atoms with Crippen molar-refractivity contribution in [3.63, 3.8) is 0 Å². The van der Waals surface area contributed by atoms with Crippen LogP contribution in [-0.4, -0.2) is 11.1 Å². The summed E-state index contributed by atoms with van der Waals surface area (Å²) in [5, 5.41) is 12.6. The van der Waals surface area contributed by atoms with Crippen molar-refractivity contribution in [2.75, 3.05) is 0 Å². The molecular formula is C9H10O2S. The first-order chi connectivity index (χ1) is 5.63. The Hall–Kier alpha value is -1.09. The van der Waals surface area contributed by atoms with Crippen LogP contribution >= 0.6 is 11.3 Å². The first-order valence-electron chi connectivity index (χ1n) is 3.56. The van der Waals surface area contributed by atoms with Gasteiger partial charge in [0.25, 0.3) is 0 Å². The predicted octanol–water partition coefficient (Wildman–Crippen LogP) is 2.63. The summed E-state index contributed by atoms with van der Waals surface area (Å²) >= 11 is 1.57. The van der Waals surface area contributed by atoms with Gasteiger partial charge in [0.1, 0.15) is 0 Å². The molecule has 0 saturated carbocycles. The summed E-state index contributed by atoms with van der Waals surface area (Å²) in [6, 6.07) is 1.92. The molecule has 1 heterocycles. The van der Waals surface area contributed by atoms with Gasteiger partial charge in [-0.05, 0) is 41.8 Å². The maximum absolute atomic E-state index is 10.6. The maximum Gasteiger partial charge on any atom is 0.331 e. The lowest BCUT2D eigenvalue weighted by atomic mass is 10.1. The monoisotopic (exact) mass is 182 g/mol. The summed E-state index contributed by atoms with van der Waals surface area (Å²) in [5.41, 5.74) is 2.25. The molecule has 0 spiro atoms. The quantitative estimate of drug-likeness (QED) is 0.714. The van der Waals surface area contributed by atoms with Crippen LogP contribution in [-0.2, 0) is 4.79 Å². The fraction of sp³-hybridized carbons (Fsp3) is 0.222. The lowest BCUT2D eigenvalue weighted by molar-refractivity contribution is -0.132. The Morgan fingerprint density at radius 3 is 2.58 bits per heavy atom. The predicted molar refractivity (Wildman–Crippen MR) is 50.2 cm³/mol. The van der Waals surface area contributed by atoms with Crippen LogP contribution in [0.4, 0.5) is 0 Å². The lowest BCUT2D eigenvalue weighted by Crippen LogP contribution is -1.98. The molecule has 0 radical (unpaired) electrons. The minimum absolute atomic E-state index is 0.411. The number of hydrogen-bond acceptors (Lipinski definition) is 2. The molecule has 64 valence electrons. The number of carboxylic acid groups (broad SMARTS) is 1. The van der Waals surface area contributed by atoms with Crippen LogP contribution < -0.4 is 0 Å². The molecule has 1 aromatic heterocycles. The van der Waals surface area contributed by atoms with Crippen molar-refractivity contribution >= 4 is 22.9 Å². The van der Waals surface area contributed by atoms with E-state index in [2.05, 4.69) is 0 Å². The molecule has 0 saturated heterocycles. The van der Waals surface area contributed by atoms with Gasteiger partial charge in [0.2, 0.25) is 0 Å². The molecule has 12 heavy (non-hydrogen) atoms. The first kappa shape index (κ1) is 9.00. The Morgan fingerprint density at radius 2 is 2.17 bits per heavy atom. The molecule has 0 bridgehead atoms. The Labute approximate surface area is 75.2 Å². The zero-order valence-corrected chi connectivity index (χ0v) is 7.81. The zero-order chi connectivity index (χ0) is 9.14. The topological polar surface area (TPSA) is 37.3 Å². The molecule has 0 amide bonds. The van der Waals surface area contributed by atoms with Crippen molar-refractivity contribution in [2.24, 2.45) is 0 Å². The fourth-order valence-corrected chi connectivity index (χ4v) is 1.56. The SMILES string of the molecule is C/C(C(=O)O)=C(/C)c1ccsc1. The van der Waals surface area contributed by atoms with Gasteiger partial charge in [0.15, 0.2) is 0 Å². The highest BCUT2D eigenvalue weighted by Crippen LogP contribution is 2.20. The van der Waals surface area contributed by atoms with Gasteiger partial charge in [-0.25, -0.2) is 4.79 Å². The summed E-state index contributed by atoms with van der Waals surface area (Å²) in [7, 11) is 0. The minimum Gasteiger partial charge on any atom is -0.478 e. The summed E-state index contributed by atoms with van der Waals surface area (Å²) < 4.78 is 0. The van der Waals surface area contributed by atoms with Gasteiger partial charge in [-0.1, -0.05) is 0 Å². The molecule has 1 aromatic rings. The second kappa shape index (κ2) is 3.54. The molecule has 1 rings (SSSR count). The van der Waals surface area contributed by atoms with Crippen molar-refractivity contribution in [3.05, 3.63) is 28.0 Å². The number of allylic oxidation sites excluding steroid dienone is 1. The van der Waals surface area contributed by atoms with E-state index in [1.165, 1.54) is 0 Å². The van der Waals surface area contributed by atoms with Crippen LogP contribution in [0.5, 0.6) is 0 Å². The summed E-state index contributed by atoms with van der Waals surface area (Å²) in [6.07, 6.45) is 0. The van der Waals surface area contributed by atoms with Gasteiger partial charge in [-0.15, -0.1) is 0 Å². The summed E-state index contributed by atoms with van der Waals surface area (Å²) in [6.45, 7) is 3.45. The van der Waals surface area contributed by atoms with Gasteiger partial charge < -0.3 is 5.11 Å². The first-order valence-corrected chi connectivity index (χ1v) is 4.50. The third-order valence-corrected chi connectivity index (χ3v) is 2.52. The van der Waals surface area contributed by atoms with Crippen molar-refractivity contribution < 1.29 is 9.90 Å². The van der Waals surface area contributed by atoms with Gasteiger partial charge in [-0.3, -0.25) is 0 Å². The molecule has 0 aromatic carbocycles. The molecule has 0 aliphatic carbocycles. The molecule has 0 fully saturated rings. The van der Waals surface area contributed by atoms with Crippen molar-refractivity contribution in [2.45, 2.75) is 13.8 Å². The van der Waals surface area contributed by atoms with Crippen molar-refractivity contribution in [3.8, 4) is 0 Å². The van der Waals surface area contributed by atoms with Crippen LogP contribution in [0.3, 0.4) is 0 Å². The van der Waals surface area contributed by atoms with Crippen LogP contribution in [0.2, 0.25) is 0 Å². The van der Waals surface area contributed by atoms with Gasteiger partial charge in [-0.2, -0.15) is 11.3 Å². The number of thiophene rings is 1. The van der Waals surface area contributed by atoms with E-state index < -0.39 is 5.97 Å². The normalized spacial score (nSPS) is 12.5. The average Bonchev–Trinajstić information content (AvgIpc) is 2.53. The summed E-state index contributed by atoms with van der Waals surface area (Å²) in [4.78, 5) is 10.6. The molecule has 0 aliphatic heterocycles. The maximum atomic E-state index is 10.6. The Balaban J connectivity index is 3.05. The Morgan fingerprint density at radius 1 is 1.50 bits per heavy atom. The van der Waals surface area contributed by atoms with Crippen LogP contribution in [0.15, 0.2) is 22.4 Å². The highest BCUT2D eigenvalue weighted by Gasteiger charge is 2.06. The number of hydrogen-bond donors (Lipinski definition) is 1. The van der Waals surface area contributed by atoms with Crippen LogP contribution in [0.1, 0.15) is 19.4 Å². The van der Waals surface area contributed by atoms with Gasteiger partial charge in [0, 0.05) is 5.57 Å². The number of rotatable bonds is 2. The van der Waals surface area contributed by atoms with E-state index in [0.29, 0.717) is 5.57 Å². The largest absolute Gasteiger partial charge is 0.478 e. The van der Waals surface area contributed by atoms with Crippen molar-refractivity contribution in [1.29, 1.82) is 0 Å². The van der Waals surface area contributed by atoms with Gasteiger partial charge in [0.05, 0.1) is 0 Å². The number of carboxylic acids is 1. The fourth-order valence-electron chi connectivity index (χ4n) is 0.855. The second-order valence-electron chi connectivity index (χ2n) is 2.57. The third kappa shape index (κ3) is 1.74. The molecule has 1 N–H and O–H groups in total. The zero-order valence-electron chi connectivity index (χ0n) is 7.00. The molecule has 0 aliphatic rings. The minimum atomic E-state index is -0.848. The van der Waals surface area contributed by atoms with E-state index in [1.807, 2.05) is 23.8 Å². The van der Waals surface area contributed by atoms with Crippen LogP contribution in [0, 0.1) is 0 Å². The third-order valence-electron chi connectivity index (χ3n) is 1.84. The standard InChI is InChI=1S/C9H10O2S/c1-6(7(2)9(10)11)8-3-4-12-5-8/h3-5H,1-2H3,(H,10,11)/b7-6+. The van der Waals surface area contributed by atoms with E-state index in [9.17, 15) is 4.79 Å². The number of aliphatic carboxylic acids is 1. The average molecular weight is 182 g/mol. The Bertz CT molecular complexity index is 309. The molecule has 0 unspecified atom stereocenters. The molecule has 0 atom stereocenters. The van der Waals surface area contributed by atoms with Gasteiger partial charge >= 0.3 is 5.97 Å². The van der Waals surface area contributed by atoms with Crippen molar-refractivity contribution in [1.82, 2.24) is 0 Å². The molecule has 3 heteroatoms. The molecule has 2 nitrogen and oxygen atoms in total. The second-order valence-corrected chi connectivity index (χ2v) is 3.35. The van der Waals surface area contributed by atoms with E-state index >= 15 is 0 Å². The summed E-state index contributed by atoms with van der Waals surface area (Å²) in [5.74, 6) is -0.848. The Kier molecular flexibility index (Phi) is 2.65.